The van der Waals surface area contributed by atoms with Crippen molar-refractivity contribution in [3.8, 4) is 0 Å². The second-order valence-electron chi connectivity index (χ2n) is 4.78. The van der Waals surface area contributed by atoms with E-state index in [2.05, 4.69) is 56.0 Å². The summed E-state index contributed by atoms with van der Waals surface area (Å²) in [6, 6.07) is 5.98. The number of hydrogen-bond donors (Lipinski definition) is 2. The number of hydrazine groups is 1. The lowest BCUT2D eigenvalue weighted by Gasteiger charge is -2.17. The first-order valence-electron chi connectivity index (χ1n) is 6.59. The van der Waals surface area contributed by atoms with Crippen molar-refractivity contribution in [2.24, 2.45) is 12.9 Å². The second kappa shape index (κ2) is 7.41. The van der Waals surface area contributed by atoms with Crippen molar-refractivity contribution in [1.82, 2.24) is 15.2 Å². The van der Waals surface area contributed by atoms with Crippen LogP contribution in [-0.2, 0) is 19.9 Å². The molecule has 0 aliphatic rings. The third-order valence-corrected chi connectivity index (χ3v) is 5.94. The molecule has 1 aromatic carbocycles. The van der Waals surface area contributed by atoms with Crippen molar-refractivity contribution >= 4 is 50.1 Å². The molecular weight excluding hydrogens is 466 g/mol. The van der Waals surface area contributed by atoms with Gasteiger partial charge in [-0.2, -0.15) is 5.10 Å². The van der Waals surface area contributed by atoms with Crippen LogP contribution in [-0.4, -0.2) is 9.78 Å². The standard InChI is InChI=1S/C14H17BrClIN4/c1-3-11-14(15)13(21(2)20-11)7-12(19-18)8-4-5-10(17)9(16)6-8/h4-6,12,19H,3,7,18H2,1-2H3. The Bertz CT molecular complexity index is 644. The molecule has 0 amide bonds. The Labute approximate surface area is 151 Å². The van der Waals surface area contributed by atoms with Crippen molar-refractivity contribution in [1.29, 1.82) is 0 Å². The van der Waals surface area contributed by atoms with Crippen LogP contribution < -0.4 is 11.3 Å². The van der Waals surface area contributed by atoms with E-state index in [-0.39, 0.29) is 6.04 Å². The molecule has 4 nitrogen and oxygen atoms in total. The number of aromatic nitrogens is 2. The maximum atomic E-state index is 6.20. The van der Waals surface area contributed by atoms with Crippen molar-refractivity contribution in [2.75, 3.05) is 0 Å². The van der Waals surface area contributed by atoms with E-state index in [1.807, 2.05) is 29.9 Å². The van der Waals surface area contributed by atoms with E-state index in [1.54, 1.807) is 0 Å². The summed E-state index contributed by atoms with van der Waals surface area (Å²) in [5.41, 5.74) is 6.11. The molecule has 0 aliphatic carbocycles. The summed E-state index contributed by atoms with van der Waals surface area (Å²) in [5.74, 6) is 5.74. The molecule has 0 spiro atoms. The van der Waals surface area contributed by atoms with Crippen LogP contribution in [0, 0.1) is 3.57 Å². The molecule has 1 unspecified atom stereocenters. The Morgan fingerprint density at radius 3 is 2.76 bits per heavy atom. The summed E-state index contributed by atoms with van der Waals surface area (Å²) in [7, 11) is 1.95. The predicted molar refractivity (Wildman–Crippen MR) is 98.2 cm³/mol. The van der Waals surface area contributed by atoms with E-state index in [1.165, 1.54) is 0 Å². The minimum Gasteiger partial charge on any atom is -0.271 e. The SMILES string of the molecule is CCc1nn(C)c(CC(NN)c2ccc(I)c(Cl)c2)c1Br. The Morgan fingerprint density at radius 1 is 1.52 bits per heavy atom. The van der Waals surface area contributed by atoms with Gasteiger partial charge in [0, 0.05) is 17.0 Å². The van der Waals surface area contributed by atoms with Crippen molar-refractivity contribution in [2.45, 2.75) is 25.8 Å². The molecule has 0 radical (unpaired) electrons. The van der Waals surface area contributed by atoms with Gasteiger partial charge in [0.05, 0.1) is 26.9 Å². The van der Waals surface area contributed by atoms with Gasteiger partial charge in [-0.15, -0.1) is 0 Å². The van der Waals surface area contributed by atoms with E-state index >= 15 is 0 Å². The van der Waals surface area contributed by atoms with Gasteiger partial charge in [-0.1, -0.05) is 24.6 Å². The normalized spacial score (nSPS) is 12.7. The second-order valence-corrected chi connectivity index (χ2v) is 7.14. The lowest BCUT2D eigenvalue weighted by molar-refractivity contribution is 0.529. The molecule has 0 bridgehead atoms. The average Bonchev–Trinajstić information content (AvgIpc) is 2.74. The zero-order valence-corrected chi connectivity index (χ0v) is 16.3. The molecule has 1 heterocycles. The number of nitrogens with one attached hydrogen (secondary N) is 1. The van der Waals surface area contributed by atoms with Gasteiger partial charge in [0.1, 0.15) is 0 Å². The highest BCUT2D eigenvalue weighted by Gasteiger charge is 2.18. The molecule has 1 atom stereocenters. The van der Waals surface area contributed by atoms with E-state index in [0.717, 1.165) is 42.9 Å². The highest BCUT2D eigenvalue weighted by molar-refractivity contribution is 14.1. The van der Waals surface area contributed by atoms with Crippen LogP contribution in [0.5, 0.6) is 0 Å². The largest absolute Gasteiger partial charge is 0.271 e. The average molecular weight is 484 g/mol. The maximum absolute atomic E-state index is 6.20. The third kappa shape index (κ3) is 3.79. The minimum atomic E-state index is -0.0177. The first-order valence-corrected chi connectivity index (χ1v) is 8.84. The molecule has 0 aliphatic heterocycles. The Hall–Kier alpha value is -0.150. The fourth-order valence-corrected chi connectivity index (χ4v) is 3.54. The van der Waals surface area contributed by atoms with E-state index in [4.69, 9.17) is 17.4 Å². The number of rotatable bonds is 5. The Morgan fingerprint density at radius 2 is 2.24 bits per heavy atom. The summed E-state index contributed by atoms with van der Waals surface area (Å²) < 4.78 is 4.00. The molecule has 7 heteroatoms. The first-order chi connectivity index (χ1) is 9.97. The fraction of sp³-hybridized carbons (Fsp3) is 0.357. The van der Waals surface area contributed by atoms with Gasteiger partial charge in [0.25, 0.3) is 0 Å². The number of aryl methyl sites for hydroxylation is 2. The lowest BCUT2D eigenvalue weighted by atomic mass is 10.0. The van der Waals surface area contributed by atoms with E-state index in [0.29, 0.717) is 0 Å². The smallest absolute Gasteiger partial charge is 0.0766 e. The Kier molecular flexibility index (Phi) is 6.07. The van der Waals surface area contributed by atoms with Gasteiger partial charge >= 0.3 is 0 Å². The summed E-state index contributed by atoms with van der Waals surface area (Å²) in [6.45, 7) is 2.09. The molecule has 0 saturated carbocycles. The molecule has 2 aromatic rings. The molecule has 21 heavy (non-hydrogen) atoms. The topological polar surface area (TPSA) is 55.9 Å². The van der Waals surface area contributed by atoms with Crippen LogP contribution in [0.25, 0.3) is 0 Å². The molecule has 3 N–H and O–H groups in total. The fourth-order valence-electron chi connectivity index (χ4n) is 2.24. The van der Waals surface area contributed by atoms with Crippen LogP contribution >= 0.6 is 50.1 Å². The van der Waals surface area contributed by atoms with E-state index in [9.17, 15) is 0 Å². The van der Waals surface area contributed by atoms with Crippen LogP contribution in [0.1, 0.15) is 29.9 Å². The van der Waals surface area contributed by atoms with Gasteiger partial charge < -0.3 is 0 Å². The summed E-state index contributed by atoms with van der Waals surface area (Å²) in [5, 5.41) is 5.26. The van der Waals surface area contributed by atoms with Crippen LogP contribution in [0.4, 0.5) is 0 Å². The highest BCUT2D eigenvalue weighted by Crippen LogP contribution is 2.28. The molecule has 0 saturated heterocycles. The van der Waals surface area contributed by atoms with Crippen molar-refractivity contribution < 1.29 is 0 Å². The monoisotopic (exact) mass is 482 g/mol. The maximum Gasteiger partial charge on any atom is 0.0766 e. The zero-order valence-electron chi connectivity index (χ0n) is 11.8. The molecule has 114 valence electrons. The van der Waals surface area contributed by atoms with Crippen molar-refractivity contribution in [3.05, 3.63) is 48.2 Å². The highest BCUT2D eigenvalue weighted by atomic mass is 127. The van der Waals surface area contributed by atoms with Gasteiger partial charge in [0.2, 0.25) is 0 Å². The zero-order chi connectivity index (χ0) is 15.6. The predicted octanol–water partition coefficient (Wildman–Crippen LogP) is 3.75. The number of nitrogens with two attached hydrogens (primary N) is 1. The molecule has 1 aromatic heterocycles. The Balaban J connectivity index is 2.31. The number of benzene rings is 1. The first kappa shape index (κ1) is 17.2. The van der Waals surface area contributed by atoms with Crippen LogP contribution in [0.3, 0.4) is 0 Å². The van der Waals surface area contributed by atoms with E-state index < -0.39 is 0 Å². The summed E-state index contributed by atoms with van der Waals surface area (Å²) in [6.07, 6.45) is 1.63. The van der Waals surface area contributed by atoms with Crippen molar-refractivity contribution in [3.63, 3.8) is 0 Å². The molecular formula is C14H17BrClIN4. The molecule has 0 fully saturated rings. The number of nitrogens with zero attached hydrogens (tertiary/aromatic N) is 2. The van der Waals surface area contributed by atoms with Gasteiger partial charge in [-0.3, -0.25) is 16.0 Å². The van der Waals surface area contributed by atoms with Gasteiger partial charge in [0.15, 0.2) is 0 Å². The molecule has 2 rings (SSSR count). The number of halogens is 3. The summed E-state index contributed by atoms with van der Waals surface area (Å²) in [4.78, 5) is 0. The third-order valence-electron chi connectivity index (χ3n) is 3.45. The van der Waals surface area contributed by atoms with Crippen LogP contribution in [0.15, 0.2) is 22.7 Å². The number of hydrogen-bond acceptors (Lipinski definition) is 3. The minimum absolute atomic E-state index is 0.0177. The quantitative estimate of drug-likeness (QED) is 0.387. The lowest BCUT2D eigenvalue weighted by Crippen LogP contribution is -2.30. The summed E-state index contributed by atoms with van der Waals surface area (Å²) >= 11 is 12.1. The van der Waals surface area contributed by atoms with Gasteiger partial charge in [-0.05, 0) is 62.6 Å². The van der Waals surface area contributed by atoms with Crippen LogP contribution in [0.2, 0.25) is 5.02 Å². The van der Waals surface area contributed by atoms with Gasteiger partial charge in [-0.25, -0.2) is 0 Å².